The number of likely N-dealkylation sites (tertiary alicyclic amines) is 1. The molecule has 0 saturated carbocycles. The van der Waals surface area contributed by atoms with Crippen LogP contribution < -0.4 is 5.32 Å². The van der Waals surface area contributed by atoms with Crippen LogP contribution >= 0.6 is 11.3 Å². The standard InChI is InChI=1S/C23H25N3O3S/c1-2-14-29-23(28)26-12-10-17(11-13-26)22-25-20(15-30-22)21(27)24-19-9-5-7-16-6-3-4-8-18(16)19/h1,3-4,6,8,15,17,19H,5,7,9-14H2,(H,24,27). The van der Waals surface area contributed by atoms with Crippen LogP contribution in [0.25, 0.3) is 0 Å². The van der Waals surface area contributed by atoms with Crippen LogP contribution in [0.5, 0.6) is 0 Å². The van der Waals surface area contributed by atoms with Crippen LogP contribution in [0.2, 0.25) is 0 Å². The van der Waals surface area contributed by atoms with Crippen molar-refractivity contribution < 1.29 is 14.3 Å². The molecule has 6 nitrogen and oxygen atoms in total. The highest BCUT2D eigenvalue weighted by atomic mass is 32.1. The number of aryl methyl sites for hydroxylation is 1. The van der Waals surface area contributed by atoms with E-state index in [1.165, 1.54) is 22.5 Å². The first-order valence-corrected chi connectivity index (χ1v) is 11.2. The number of rotatable bonds is 4. The van der Waals surface area contributed by atoms with E-state index in [-0.39, 0.29) is 30.6 Å². The maximum atomic E-state index is 12.8. The number of terminal acetylenes is 1. The third-order valence-corrected chi connectivity index (χ3v) is 6.82. The van der Waals surface area contributed by atoms with Crippen molar-refractivity contribution in [2.45, 2.75) is 44.1 Å². The van der Waals surface area contributed by atoms with Crippen molar-refractivity contribution in [3.8, 4) is 12.3 Å². The zero-order valence-electron chi connectivity index (χ0n) is 16.8. The highest BCUT2D eigenvalue weighted by molar-refractivity contribution is 7.09. The number of hydrogen-bond donors (Lipinski definition) is 1. The third kappa shape index (κ3) is 4.49. The lowest BCUT2D eigenvalue weighted by Gasteiger charge is -2.30. The van der Waals surface area contributed by atoms with Gasteiger partial charge < -0.3 is 15.0 Å². The highest BCUT2D eigenvalue weighted by Gasteiger charge is 2.28. The van der Waals surface area contributed by atoms with Crippen LogP contribution in [-0.2, 0) is 11.2 Å². The number of ether oxygens (including phenoxy) is 1. The Kier molecular flexibility index (Phi) is 6.34. The molecule has 2 heterocycles. The maximum Gasteiger partial charge on any atom is 0.410 e. The van der Waals surface area contributed by atoms with Crippen molar-refractivity contribution >= 4 is 23.3 Å². The van der Waals surface area contributed by atoms with E-state index in [1.54, 1.807) is 4.90 Å². The fourth-order valence-corrected chi connectivity index (χ4v) is 5.19. The minimum absolute atomic E-state index is 0.00478. The molecule has 1 aromatic carbocycles. The fourth-order valence-electron chi connectivity index (χ4n) is 4.22. The first kappa shape index (κ1) is 20.4. The molecule has 0 spiro atoms. The second-order valence-electron chi connectivity index (χ2n) is 7.71. The van der Waals surface area contributed by atoms with Crippen molar-refractivity contribution in [3.05, 3.63) is 51.5 Å². The zero-order chi connectivity index (χ0) is 20.9. The van der Waals surface area contributed by atoms with Gasteiger partial charge in [-0.25, -0.2) is 9.78 Å². The molecule has 0 bridgehead atoms. The smallest absolute Gasteiger partial charge is 0.410 e. The molecule has 1 aliphatic carbocycles. The molecule has 7 heteroatoms. The number of fused-ring (bicyclic) bond motifs is 1. The summed E-state index contributed by atoms with van der Waals surface area (Å²) in [5, 5.41) is 5.97. The minimum Gasteiger partial charge on any atom is -0.436 e. The predicted molar refractivity (Wildman–Crippen MR) is 115 cm³/mol. The Morgan fingerprint density at radius 1 is 1.27 bits per heavy atom. The minimum atomic E-state index is -0.363. The number of piperidine rings is 1. The number of amides is 2. The van der Waals surface area contributed by atoms with Gasteiger partial charge in [-0.3, -0.25) is 4.79 Å². The van der Waals surface area contributed by atoms with Crippen LogP contribution in [0.4, 0.5) is 4.79 Å². The second kappa shape index (κ2) is 9.31. The maximum absolute atomic E-state index is 12.8. The molecular weight excluding hydrogens is 398 g/mol. The van der Waals surface area contributed by atoms with E-state index in [0.29, 0.717) is 18.8 Å². The lowest BCUT2D eigenvalue weighted by molar-refractivity contribution is 0.0928. The average Bonchev–Trinajstić information content (AvgIpc) is 3.28. The molecular formula is C23H25N3O3S. The van der Waals surface area contributed by atoms with E-state index in [2.05, 4.69) is 34.4 Å². The zero-order valence-corrected chi connectivity index (χ0v) is 17.6. The van der Waals surface area contributed by atoms with Gasteiger partial charge in [0.25, 0.3) is 5.91 Å². The van der Waals surface area contributed by atoms with Crippen LogP contribution in [0.1, 0.15) is 64.3 Å². The van der Waals surface area contributed by atoms with Gasteiger partial charge in [0.1, 0.15) is 5.69 Å². The van der Waals surface area contributed by atoms with E-state index in [4.69, 9.17) is 11.2 Å². The SMILES string of the molecule is C#CCOC(=O)N1CCC(c2nc(C(=O)NC3CCCc4ccccc43)cs2)CC1. The van der Waals surface area contributed by atoms with E-state index >= 15 is 0 Å². The van der Waals surface area contributed by atoms with Gasteiger partial charge in [-0.2, -0.15) is 0 Å². The van der Waals surface area contributed by atoms with Crippen LogP contribution in [0.15, 0.2) is 29.6 Å². The van der Waals surface area contributed by atoms with E-state index in [1.807, 2.05) is 11.4 Å². The largest absolute Gasteiger partial charge is 0.436 e. The van der Waals surface area contributed by atoms with Gasteiger partial charge in [0.15, 0.2) is 6.61 Å². The lowest BCUT2D eigenvalue weighted by Crippen LogP contribution is -2.38. The number of nitrogens with one attached hydrogen (secondary N) is 1. The molecule has 1 unspecified atom stereocenters. The molecule has 1 N–H and O–H groups in total. The second-order valence-corrected chi connectivity index (χ2v) is 8.60. The molecule has 30 heavy (non-hydrogen) atoms. The van der Waals surface area contributed by atoms with Crippen molar-refractivity contribution in [2.75, 3.05) is 19.7 Å². The summed E-state index contributed by atoms with van der Waals surface area (Å²) in [5.74, 6) is 2.44. The fraction of sp³-hybridized carbons (Fsp3) is 0.435. The number of thiazole rings is 1. The normalized spacial score (nSPS) is 18.9. The van der Waals surface area contributed by atoms with Gasteiger partial charge in [0, 0.05) is 24.4 Å². The number of carbonyl (C=O) groups is 2. The average molecular weight is 424 g/mol. The quantitative estimate of drug-likeness (QED) is 0.757. The number of aromatic nitrogens is 1. The Bertz CT molecular complexity index is 957. The Morgan fingerprint density at radius 3 is 2.87 bits per heavy atom. The van der Waals surface area contributed by atoms with Crippen molar-refractivity contribution in [3.63, 3.8) is 0 Å². The molecule has 1 fully saturated rings. The van der Waals surface area contributed by atoms with Crippen LogP contribution in [0.3, 0.4) is 0 Å². The Labute approximate surface area is 180 Å². The summed E-state index contributed by atoms with van der Waals surface area (Å²) in [6.07, 6.45) is 9.46. The van der Waals surface area contributed by atoms with E-state index in [0.717, 1.165) is 37.1 Å². The summed E-state index contributed by atoms with van der Waals surface area (Å²) in [4.78, 5) is 31.0. The molecule has 0 radical (unpaired) electrons. The summed E-state index contributed by atoms with van der Waals surface area (Å²) in [7, 11) is 0. The summed E-state index contributed by atoms with van der Waals surface area (Å²) >= 11 is 1.52. The molecule has 1 aliphatic heterocycles. The Balaban J connectivity index is 1.34. The monoisotopic (exact) mass is 423 g/mol. The van der Waals surface area contributed by atoms with E-state index < -0.39 is 0 Å². The first-order valence-electron chi connectivity index (χ1n) is 10.3. The van der Waals surface area contributed by atoms with Gasteiger partial charge in [-0.15, -0.1) is 17.8 Å². The van der Waals surface area contributed by atoms with Crippen molar-refractivity contribution in [1.29, 1.82) is 0 Å². The van der Waals surface area contributed by atoms with Gasteiger partial charge in [-0.1, -0.05) is 30.2 Å². The van der Waals surface area contributed by atoms with Gasteiger partial charge in [0.05, 0.1) is 11.0 Å². The van der Waals surface area contributed by atoms with Gasteiger partial charge in [-0.05, 0) is 43.2 Å². The molecule has 1 aromatic heterocycles. The van der Waals surface area contributed by atoms with Crippen LogP contribution in [-0.4, -0.2) is 41.6 Å². The third-order valence-electron chi connectivity index (χ3n) is 5.81. The first-order chi connectivity index (χ1) is 14.7. The summed E-state index contributed by atoms with van der Waals surface area (Å²) < 4.78 is 4.99. The Morgan fingerprint density at radius 2 is 2.07 bits per heavy atom. The molecule has 2 aliphatic rings. The number of benzene rings is 1. The summed E-state index contributed by atoms with van der Waals surface area (Å²) in [6.45, 7) is 1.21. The summed E-state index contributed by atoms with van der Waals surface area (Å²) in [6, 6.07) is 8.37. The van der Waals surface area contributed by atoms with Crippen molar-refractivity contribution in [2.24, 2.45) is 0 Å². The van der Waals surface area contributed by atoms with Gasteiger partial charge in [0.2, 0.25) is 0 Å². The molecule has 4 rings (SSSR count). The molecule has 1 atom stereocenters. The van der Waals surface area contributed by atoms with Crippen LogP contribution in [0, 0.1) is 12.3 Å². The summed E-state index contributed by atoms with van der Waals surface area (Å²) in [5.41, 5.74) is 3.02. The number of carbonyl (C=O) groups excluding carboxylic acids is 2. The molecule has 2 aromatic rings. The predicted octanol–water partition coefficient (Wildman–Crippen LogP) is 3.90. The topological polar surface area (TPSA) is 71.5 Å². The van der Waals surface area contributed by atoms with Gasteiger partial charge >= 0.3 is 6.09 Å². The highest BCUT2D eigenvalue weighted by Crippen LogP contribution is 2.32. The van der Waals surface area contributed by atoms with Crippen molar-refractivity contribution in [1.82, 2.24) is 15.2 Å². The van der Waals surface area contributed by atoms with E-state index in [9.17, 15) is 9.59 Å². The molecule has 156 valence electrons. The number of hydrogen-bond acceptors (Lipinski definition) is 5. The Hall–Kier alpha value is -2.85. The molecule has 1 saturated heterocycles. The number of nitrogens with zero attached hydrogens (tertiary/aromatic N) is 2. The lowest BCUT2D eigenvalue weighted by atomic mass is 9.88. The molecule has 2 amide bonds.